The fourth-order valence-corrected chi connectivity index (χ4v) is 8.58. The van der Waals surface area contributed by atoms with Crippen LogP contribution in [0.3, 0.4) is 0 Å². The van der Waals surface area contributed by atoms with Crippen LogP contribution in [-0.4, -0.2) is 64.9 Å². The van der Waals surface area contributed by atoms with Gasteiger partial charge in [-0.2, -0.15) is 0 Å². The Labute approximate surface area is 224 Å². The Hall–Kier alpha value is -0.216. The van der Waals surface area contributed by atoms with Crippen LogP contribution >= 0.6 is 0 Å². The summed E-state index contributed by atoms with van der Waals surface area (Å²) in [6.45, 7) is 29.9. The Kier molecular flexibility index (Phi) is 9.05. The van der Waals surface area contributed by atoms with E-state index in [2.05, 4.69) is 79.6 Å². The molecule has 0 saturated carbocycles. The van der Waals surface area contributed by atoms with Crippen molar-refractivity contribution in [3.63, 3.8) is 0 Å². The number of ether oxygens (including phenoxy) is 1. The van der Waals surface area contributed by atoms with Crippen molar-refractivity contribution in [1.29, 1.82) is 0 Å². The van der Waals surface area contributed by atoms with Crippen LogP contribution in [0.4, 0.5) is 0 Å². The molecule has 7 heteroatoms. The van der Waals surface area contributed by atoms with Gasteiger partial charge in [0.25, 0.3) is 0 Å². The summed E-state index contributed by atoms with van der Waals surface area (Å²) in [6.07, 6.45) is 5.73. The SMILES string of the molecule is C[C@H](CO[Si](C)(C)C(C)(C)C)[C@H]1[C@H](O[Si](C)(C)C(C)(C)C)CCCN2[C@H]1CC[C@H]2[C@@H]1C[C@H](C)C(=O)O1. The van der Waals surface area contributed by atoms with Crippen LogP contribution in [-0.2, 0) is 18.4 Å². The van der Waals surface area contributed by atoms with E-state index in [9.17, 15) is 4.79 Å². The zero-order chi connectivity index (χ0) is 27.3. The molecule has 3 heterocycles. The zero-order valence-electron chi connectivity index (χ0n) is 25.6. The third kappa shape index (κ3) is 6.32. The Morgan fingerprint density at radius 1 is 0.972 bits per heavy atom. The number of esters is 1. The summed E-state index contributed by atoms with van der Waals surface area (Å²) in [7, 11) is -3.75. The van der Waals surface area contributed by atoms with Gasteiger partial charge in [-0.1, -0.05) is 55.4 Å². The monoisotopic (exact) mass is 539 g/mol. The first-order valence-electron chi connectivity index (χ1n) is 14.6. The maximum absolute atomic E-state index is 12.2. The van der Waals surface area contributed by atoms with Crippen molar-refractivity contribution < 1.29 is 18.4 Å². The molecule has 5 nitrogen and oxygen atoms in total. The maximum Gasteiger partial charge on any atom is 0.309 e. The predicted octanol–water partition coefficient (Wildman–Crippen LogP) is 7.23. The molecule has 0 N–H and O–H groups in total. The lowest BCUT2D eigenvalue weighted by Crippen LogP contribution is -2.52. The molecule has 3 aliphatic heterocycles. The van der Waals surface area contributed by atoms with Crippen LogP contribution in [0.1, 0.15) is 87.5 Å². The van der Waals surface area contributed by atoms with Crippen molar-refractivity contribution >= 4 is 22.6 Å². The van der Waals surface area contributed by atoms with Gasteiger partial charge in [-0.15, -0.1) is 0 Å². The highest BCUT2D eigenvalue weighted by atomic mass is 28.4. The molecule has 0 aromatic heterocycles. The molecule has 0 aromatic carbocycles. The standard InChI is InChI=1S/C29H57NO4Si2/c1-20-18-25(33-27(20)31)22-15-16-23-26(21(2)19-32-35(9,10)28(3,4)5)24(14-13-17-30(22)23)34-36(11,12)29(6,7)8/h20-26H,13-19H2,1-12H3/t20-,21+,22-,23-,24+,25-,26+/m0/s1. The minimum atomic E-state index is -1.92. The molecule has 7 atom stereocenters. The third-order valence-corrected chi connectivity index (χ3v) is 19.5. The lowest BCUT2D eigenvalue weighted by molar-refractivity contribution is -0.146. The average Bonchev–Trinajstić information content (AvgIpc) is 3.22. The van der Waals surface area contributed by atoms with Crippen molar-refractivity contribution in [1.82, 2.24) is 4.90 Å². The van der Waals surface area contributed by atoms with E-state index in [1.807, 2.05) is 6.92 Å². The highest BCUT2D eigenvalue weighted by molar-refractivity contribution is 6.74. The number of rotatable bonds is 7. The number of nitrogens with zero attached hydrogens (tertiary/aromatic N) is 1. The first-order valence-corrected chi connectivity index (χ1v) is 20.5. The molecule has 0 radical (unpaired) electrons. The van der Waals surface area contributed by atoms with Crippen LogP contribution in [0.15, 0.2) is 0 Å². The van der Waals surface area contributed by atoms with Crippen molar-refractivity contribution in [2.45, 2.75) is 148 Å². The van der Waals surface area contributed by atoms with Gasteiger partial charge in [0.1, 0.15) is 6.10 Å². The fourth-order valence-electron chi connectivity index (χ4n) is 6.08. The van der Waals surface area contributed by atoms with E-state index >= 15 is 0 Å². The van der Waals surface area contributed by atoms with E-state index in [1.165, 1.54) is 6.42 Å². The third-order valence-electron chi connectivity index (χ3n) is 10.5. The fraction of sp³-hybridized carbons (Fsp3) is 0.966. The number of hydrogen-bond acceptors (Lipinski definition) is 5. The van der Waals surface area contributed by atoms with Gasteiger partial charge >= 0.3 is 5.97 Å². The number of cyclic esters (lactones) is 1. The molecule has 0 aromatic rings. The number of carbonyl (C=O) groups excluding carboxylic acids is 1. The van der Waals surface area contributed by atoms with Crippen LogP contribution in [0.5, 0.6) is 0 Å². The molecule has 210 valence electrons. The summed E-state index contributed by atoms with van der Waals surface area (Å²) in [5, 5.41) is 0.400. The molecule has 3 aliphatic rings. The highest BCUT2D eigenvalue weighted by Crippen LogP contribution is 2.46. The van der Waals surface area contributed by atoms with Gasteiger partial charge in [-0.25, -0.2) is 0 Å². The summed E-state index contributed by atoms with van der Waals surface area (Å²) < 4.78 is 19.9. The van der Waals surface area contributed by atoms with Gasteiger partial charge in [-0.05, 0) is 80.8 Å². The average molecular weight is 540 g/mol. The molecular formula is C29H57NO4Si2. The van der Waals surface area contributed by atoms with Crippen molar-refractivity contribution in [3.05, 3.63) is 0 Å². The van der Waals surface area contributed by atoms with Crippen LogP contribution < -0.4 is 0 Å². The smallest absolute Gasteiger partial charge is 0.309 e. The van der Waals surface area contributed by atoms with Gasteiger partial charge in [0.05, 0.1) is 5.92 Å². The summed E-state index contributed by atoms with van der Waals surface area (Å²) in [6, 6.07) is 0.825. The predicted molar refractivity (Wildman–Crippen MR) is 154 cm³/mol. The van der Waals surface area contributed by atoms with Crippen LogP contribution in [0, 0.1) is 17.8 Å². The quantitative estimate of drug-likeness (QED) is 0.252. The second-order valence-electron chi connectivity index (χ2n) is 15.2. The Balaban J connectivity index is 1.87. The van der Waals surface area contributed by atoms with Crippen LogP contribution in [0.2, 0.25) is 36.3 Å². The van der Waals surface area contributed by atoms with Crippen LogP contribution in [0.25, 0.3) is 0 Å². The van der Waals surface area contributed by atoms with Crippen molar-refractivity contribution in [2.24, 2.45) is 17.8 Å². The largest absolute Gasteiger partial charge is 0.460 e. The first kappa shape index (κ1) is 30.3. The summed E-state index contributed by atoms with van der Waals surface area (Å²) in [5.74, 6) is 0.878. The number of hydrogen-bond donors (Lipinski definition) is 0. The Morgan fingerprint density at radius 2 is 1.56 bits per heavy atom. The number of carbonyl (C=O) groups is 1. The lowest BCUT2D eigenvalue weighted by atomic mass is 9.81. The molecule has 0 amide bonds. The molecule has 3 fully saturated rings. The van der Waals surface area contributed by atoms with Gasteiger partial charge in [0.15, 0.2) is 16.6 Å². The normalized spacial score (nSPS) is 33.8. The Morgan fingerprint density at radius 3 is 2.08 bits per heavy atom. The van der Waals surface area contributed by atoms with Gasteiger partial charge in [0, 0.05) is 30.7 Å². The van der Waals surface area contributed by atoms with Gasteiger partial charge < -0.3 is 13.6 Å². The minimum absolute atomic E-state index is 0.00917. The highest BCUT2D eigenvalue weighted by Gasteiger charge is 2.51. The lowest BCUT2D eigenvalue weighted by Gasteiger charge is -2.45. The molecule has 0 unspecified atom stereocenters. The van der Waals surface area contributed by atoms with E-state index in [0.717, 1.165) is 38.8 Å². The van der Waals surface area contributed by atoms with E-state index in [4.69, 9.17) is 13.6 Å². The molecule has 0 spiro atoms. The molecular weight excluding hydrogens is 482 g/mol. The second kappa shape index (κ2) is 10.7. The van der Waals surface area contributed by atoms with E-state index < -0.39 is 16.6 Å². The summed E-state index contributed by atoms with van der Waals surface area (Å²) in [4.78, 5) is 15.0. The molecule has 36 heavy (non-hydrogen) atoms. The topological polar surface area (TPSA) is 48.0 Å². The van der Waals surface area contributed by atoms with Gasteiger partial charge in [-0.3, -0.25) is 9.69 Å². The van der Waals surface area contributed by atoms with Gasteiger partial charge in [0.2, 0.25) is 0 Å². The number of fused-ring (bicyclic) bond motifs is 1. The maximum atomic E-state index is 12.2. The minimum Gasteiger partial charge on any atom is -0.460 e. The molecule has 0 aliphatic carbocycles. The summed E-state index contributed by atoms with van der Waals surface area (Å²) >= 11 is 0. The molecule has 0 bridgehead atoms. The van der Waals surface area contributed by atoms with E-state index in [-0.39, 0.29) is 34.2 Å². The summed E-state index contributed by atoms with van der Waals surface area (Å²) in [5.41, 5.74) is 0. The van der Waals surface area contributed by atoms with E-state index in [0.29, 0.717) is 23.9 Å². The molecule has 3 saturated heterocycles. The first-order chi connectivity index (χ1) is 16.4. The zero-order valence-corrected chi connectivity index (χ0v) is 27.6. The Bertz CT molecular complexity index is 772. The molecule has 3 rings (SSSR count). The van der Waals surface area contributed by atoms with E-state index in [1.54, 1.807) is 0 Å². The second-order valence-corrected chi connectivity index (χ2v) is 24.8. The van der Waals surface area contributed by atoms with Crippen molar-refractivity contribution in [2.75, 3.05) is 13.2 Å². The van der Waals surface area contributed by atoms with Crippen molar-refractivity contribution in [3.8, 4) is 0 Å².